The molecule has 0 radical (unpaired) electrons. The van der Waals surface area contributed by atoms with Gasteiger partial charge in [-0.3, -0.25) is 4.79 Å². The number of likely N-dealkylation sites (tertiary alicyclic amines) is 1. The van der Waals surface area contributed by atoms with Gasteiger partial charge in [0, 0.05) is 53.8 Å². The highest BCUT2D eigenvalue weighted by atomic mass is 35.5. The lowest BCUT2D eigenvalue weighted by Gasteiger charge is -2.36. The molecule has 186 valence electrons. The molecule has 2 heterocycles. The molecule has 5 nitrogen and oxygen atoms in total. The highest BCUT2D eigenvalue weighted by Crippen LogP contribution is 2.34. The summed E-state index contributed by atoms with van der Waals surface area (Å²) in [4.78, 5) is 22.4. The summed E-state index contributed by atoms with van der Waals surface area (Å²) in [6.45, 7) is 11.4. The van der Waals surface area contributed by atoms with E-state index in [0.717, 1.165) is 42.2 Å². The molecule has 0 unspecified atom stereocenters. The number of carbonyl (C=O) groups is 1. The maximum atomic E-state index is 13.2. The minimum Gasteiger partial charge on any atom is -0.478 e. The summed E-state index contributed by atoms with van der Waals surface area (Å²) in [6, 6.07) is 15.8. The molecule has 4 rings (SSSR count). The third-order valence-corrected chi connectivity index (χ3v) is 7.91. The highest BCUT2D eigenvalue weighted by molar-refractivity contribution is 7.10. The Labute approximate surface area is 217 Å². The van der Waals surface area contributed by atoms with E-state index in [-0.39, 0.29) is 5.91 Å². The topological polar surface area (TPSA) is 45.7 Å². The fraction of sp³-hybridized carbons (Fsp3) is 0.429. The van der Waals surface area contributed by atoms with Crippen molar-refractivity contribution in [1.29, 1.82) is 0 Å². The van der Waals surface area contributed by atoms with E-state index >= 15 is 0 Å². The largest absolute Gasteiger partial charge is 0.478 e. The number of nitrogens with zero attached hydrogens (tertiary/aromatic N) is 3. The summed E-state index contributed by atoms with van der Waals surface area (Å²) in [5, 5.41) is 3.96. The van der Waals surface area contributed by atoms with Crippen LogP contribution in [0.4, 0.5) is 5.69 Å². The zero-order valence-electron chi connectivity index (χ0n) is 21.0. The van der Waals surface area contributed by atoms with Gasteiger partial charge in [-0.05, 0) is 76.9 Å². The minimum absolute atomic E-state index is 0.0130. The number of halogens is 1. The van der Waals surface area contributed by atoms with Crippen molar-refractivity contribution in [3.05, 3.63) is 63.9 Å². The van der Waals surface area contributed by atoms with Gasteiger partial charge in [-0.2, -0.15) is 0 Å². The molecule has 1 aliphatic heterocycles. The van der Waals surface area contributed by atoms with Crippen LogP contribution in [0.5, 0.6) is 5.75 Å². The Morgan fingerprint density at radius 2 is 1.71 bits per heavy atom. The molecule has 1 aliphatic rings. The van der Waals surface area contributed by atoms with Crippen molar-refractivity contribution in [3.63, 3.8) is 0 Å². The van der Waals surface area contributed by atoms with E-state index < -0.39 is 5.60 Å². The average Bonchev–Trinajstić information content (AvgIpc) is 3.36. The third-order valence-electron chi connectivity index (χ3n) is 6.65. The van der Waals surface area contributed by atoms with Crippen molar-refractivity contribution in [2.24, 2.45) is 0 Å². The fourth-order valence-electron chi connectivity index (χ4n) is 4.59. The highest BCUT2D eigenvalue weighted by Gasteiger charge is 2.36. The number of benzene rings is 2. The number of ether oxygens (including phenoxy) is 1. The molecule has 0 saturated carbocycles. The van der Waals surface area contributed by atoms with E-state index in [1.807, 2.05) is 18.7 Å². The molecule has 2 aromatic carbocycles. The first-order valence-electron chi connectivity index (χ1n) is 12.4. The molecule has 0 N–H and O–H groups in total. The second kappa shape index (κ2) is 11.0. The zero-order chi connectivity index (χ0) is 25.0. The molecule has 0 aliphatic carbocycles. The van der Waals surface area contributed by atoms with Gasteiger partial charge in [0.25, 0.3) is 5.91 Å². The van der Waals surface area contributed by atoms with Gasteiger partial charge in [-0.25, -0.2) is 4.98 Å². The van der Waals surface area contributed by atoms with E-state index in [1.54, 1.807) is 35.6 Å². The Balaban J connectivity index is 1.35. The van der Waals surface area contributed by atoms with Crippen molar-refractivity contribution < 1.29 is 9.53 Å². The Bertz CT molecular complexity index is 1120. The lowest BCUT2D eigenvalue weighted by Crippen LogP contribution is -2.51. The maximum absolute atomic E-state index is 13.2. The van der Waals surface area contributed by atoms with Crippen molar-refractivity contribution in [2.75, 3.05) is 31.1 Å². The molecule has 1 fully saturated rings. The molecule has 0 atom stereocenters. The molecule has 0 bridgehead atoms. The van der Waals surface area contributed by atoms with Gasteiger partial charge in [0.15, 0.2) is 5.60 Å². The van der Waals surface area contributed by atoms with Crippen LogP contribution in [0.2, 0.25) is 5.02 Å². The van der Waals surface area contributed by atoms with Gasteiger partial charge < -0.3 is 14.5 Å². The number of hydrogen-bond donors (Lipinski definition) is 0. The number of rotatable bonds is 8. The number of thiazole rings is 1. The monoisotopic (exact) mass is 511 g/mol. The molecule has 7 heteroatoms. The predicted octanol–water partition coefficient (Wildman–Crippen LogP) is 6.87. The summed E-state index contributed by atoms with van der Waals surface area (Å²) in [5.41, 5.74) is 2.49. The molecular weight excluding hydrogens is 478 g/mol. The molecule has 1 aromatic heterocycles. The summed E-state index contributed by atoms with van der Waals surface area (Å²) in [6.07, 6.45) is 1.83. The first-order chi connectivity index (χ1) is 16.8. The van der Waals surface area contributed by atoms with Crippen LogP contribution in [0, 0.1) is 0 Å². The van der Waals surface area contributed by atoms with Crippen LogP contribution < -0.4 is 9.64 Å². The summed E-state index contributed by atoms with van der Waals surface area (Å²) < 4.78 is 6.01. The summed E-state index contributed by atoms with van der Waals surface area (Å²) in [5.74, 6) is 1.04. The number of aromatic nitrogens is 1. The van der Waals surface area contributed by atoms with Gasteiger partial charge >= 0.3 is 0 Å². The maximum Gasteiger partial charge on any atom is 0.266 e. The van der Waals surface area contributed by atoms with Gasteiger partial charge in [-0.15, -0.1) is 11.3 Å². The summed E-state index contributed by atoms with van der Waals surface area (Å²) in [7, 11) is 0. The van der Waals surface area contributed by atoms with E-state index in [4.69, 9.17) is 21.3 Å². The normalized spacial score (nSPS) is 14.7. The molecular formula is C28H34ClN3O2S. The smallest absolute Gasteiger partial charge is 0.266 e. The van der Waals surface area contributed by atoms with E-state index in [0.29, 0.717) is 29.8 Å². The van der Waals surface area contributed by atoms with Crippen LogP contribution in [-0.2, 0) is 4.79 Å². The average molecular weight is 512 g/mol. The molecule has 3 aromatic rings. The Kier molecular flexibility index (Phi) is 8.02. The van der Waals surface area contributed by atoms with Crippen LogP contribution in [0.3, 0.4) is 0 Å². The molecule has 35 heavy (non-hydrogen) atoms. The Hall–Kier alpha value is -2.57. The van der Waals surface area contributed by atoms with Crippen LogP contribution in [0.15, 0.2) is 53.9 Å². The molecule has 1 amide bonds. The van der Waals surface area contributed by atoms with Crippen molar-refractivity contribution in [1.82, 2.24) is 9.88 Å². The number of carbonyl (C=O) groups excluding carboxylic acids is 1. The third kappa shape index (κ3) is 5.99. The lowest BCUT2D eigenvalue weighted by atomic mass is 9.96. The first-order valence-corrected chi connectivity index (χ1v) is 13.6. The Morgan fingerprint density at radius 3 is 2.31 bits per heavy atom. The van der Waals surface area contributed by atoms with Gasteiger partial charge in [-0.1, -0.05) is 23.7 Å². The van der Waals surface area contributed by atoms with E-state index in [9.17, 15) is 4.79 Å². The quantitative estimate of drug-likeness (QED) is 0.331. The standard InChI is InChI=1S/C28H34ClN3O2S/c1-5-31(6-2)23-11-7-20(8-12-23)25-19-35-26(30-25)21-15-17-32(18-16-21)27(33)28(3,4)34-24-13-9-22(29)10-14-24/h7-14,19,21H,5-6,15-18H2,1-4H3. The molecule has 0 spiro atoms. The first kappa shape index (κ1) is 25.5. The van der Waals surface area contributed by atoms with Crippen LogP contribution >= 0.6 is 22.9 Å². The number of piperidine rings is 1. The van der Waals surface area contributed by atoms with Crippen molar-refractivity contribution in [3.8, 4) is 17.0 Å². The SMILES string of the molecule is CCN(CC)c1ccc(-c2csc(C3CCN(C(=O)C(C)(C)Oc4ccc(Cl)cc4)CC3)n2)cc1. The number of anilines is 1. The summed E-state index contributed by atoms with van der Waals surface area (Å²) >= 11 is 7.69. The van der Waals surface area contributed by atoms with Gasteiger partial charge in [0.2, 0.25) is 0 Å². The van der Waals surface area contributed by atoms with Crippen LogP contribution in [-0.4, -0.2) is 47.6 Å². The zero-order valence-corrected chi connectivity index (χ0v) is 22.5. The second-order valence-corrected chi connectivity index (χ2v) is 10.7. The van der Waals surface area contributed by atoms with E-state index in [1.165, 1.54) is 5.69 Å². The minimum atomic E-state index is -0.938. The lowest BCUT2D eigenvalue weighted by molar-refractivity contribution is -0.146. The second-order valence-electron chi connectivity index (χ2n) is 9.42. The van der Waals surface area contributed by atoms with Gasteiger partial charge in [0.1, 0.15) is 5.75 Å². The van der Waals surface area contributed by atoms with Crippen molar-refractivity contribution >= 4 is 34.5 Å². The van der Waals surface area contributed by atoms with Crippen LogP contribution in [0.1, 0.15) is 51.5 Å². The molecule has 1 saturated heterocycles. The fourth-order valence-corrected chi connectivity index (χ4v) is 5.72. The van der Waals surface area contributed by atoms with E-state index in [2.05, 4.69) is 48.4 Å². The van der Waals surface area contributed by atoms with Crippen molar-refractivity contribution in [2.45, 2.75) is 52.1 Å². The predicted molar refractivity (Wildman–Crippen MR) is 146 cm³/mol. The number of amides is 1. The van der Waals surface area contributed by atoms with Gasteiger partial charge in [0.05, 0.1) is 10.7 Å². The number of hydrogen-bond acceptors (Lipinski definition) is 5. The Morgan fingerprint density at radius 1 is 1.09 bits per heavy atom. The van der Waals surface area contributed by atoms with Crippen LogP contribution in [0.25, 0.3) is 11.3 Å².